The third kappa shape index (κ3) is 6.75. The van der Waals surface area contributed by atoms with E-state index in [1.54, 1.807) is 4.98 Å². The molecule has 0 saturated carbocycles. The minimum absolute atomic E-state index is 0.0399. The molecule has 0 radical (unpaired) electrons. The number of nitrogens with one attached hydrogen (secondary N) is 1. The van der Waals surface area contributed by atoms with Crippen LogP contribution in [0.4, 0.5) is 22.0 Å². The van der Waals surface area contributed by atoms with Crippen LogP contribution in [-0.4, -0.2) is 42.2 Å². The van der Waals surface area contributed by atoms with Gasteiger partial charge in [-0.25, -0.2) is 14.0 Å². The number of rotatable bonds is 10. The molecule has 9 nitrogen and oxygen atoms in total. The van der Waals surface area contributed by atoms with Gasteiger partial charge in [0.15, 0.2) is 11.5 Å². The predicted molar refractivity (Wildman–Crippen MR) is 127 cm³/mol. The van der Waals surface area contributed by atoms with E-state index in [2.05, 4.69) is 0 Å². The molecule has 1 aromatic heterocycles. The Morgan fingerprint density at radius 2 is 1.79 bits per heavy atom. The van der Waals surface area contributed by atoms with Gasteiger partial charge in [0.25, 0.3) is 11.8 Å². The first kappa shape index (κ1) is 29.6. The van der Waals surface area contributed by atoms with Crippen molar-refractivity contribution < 1.29 is 45.7 Å². The average molecular weight is 579 g/mol. The van der Waals surface area contributed by atoms with Gasteiger partial charge in [-0.1, -0.05) is 23.7 Å². The molecule has 1 N–H and O–H groups in total. The Hall–Kier alpha value is -3.91. The summed E-state index contributed by atoms with van der Waals surface area (Å²) in [5, 5.41) is -0.394. The van der Waals surface area contributed by atoms with Gasteiger partial charge in [0.05, 0.1) is 23.9 Å². The second kappa shape index (κ2) is 12.3. The van der Waals surface area contributed by atoms with Crippen molar-refractivity contribution in [1.82, 2.24) is 9.55 Å². The van der Waals surface area contributed by atoms with Gasteiger partial charge in [0, 0.05) is 26.1 Å². The van der Waals surface area contributed by atoms with Gasteiger partial charge >= 0.3 is 17.8 Å². The first-order valence-electron chi connectivity index (χ1n) is 11.0. The van der Waals surface area contributed by atoms with Crippen molar-refractivity contribution in [2.24, 2.45) is 7.05 Å². The molecule has 0 amide bonds. The van der Waals surface area contributed by atoms with Gasteiger partial charge in [-0.15, -0.1) is 0 Å². The number of H-pyrrole nitrogens is 1. The first-order chi connectivity index (χ1) is 18.4. The number of esters is 1. The normalized spacial score (nSPS) is 12.2. The summed E-state index contributed by atoms with van der Waals surface area (Å²) in [7, 11) is 1.90. The van der Waals surface area contributed by atoms with Crippen molar-refractivity contribution in [2.45, 2.75) is 18.9 Å². The Morgan fingerprint density at radius 3 is 2.41 bits per heavy atom. The van der Waals surface area contributed by atoms with E-state index in [1.165, 1.54) is 24.3 Å². The molecule has 0 aliphatic heterocycles. The summed E-state index contributed by atoms with van der Waals surface area (Å²) in [6.45, 7) is -0.937. The zero-order valence-corrected chi connectivity index (χ0v) is 21.0. The van der Waals surface area contributed by atoms with Crippen LogP contribution in [0.2, 0.25) is 5.02 Å². The van der Waals surface area contributed by atoms with Crippen molar-refractivity contribution in [3.63, 3.8) is 0 Å². The summed E-state index contributed by atoms with van der Waals surface area (Å²) < 4.78 is 89.6. The van der Waals surface area contributed by atoms with E-state index < -0.39 is 69.8 Å². The van der Waals surface area contributed by atoms with E-state index in [0.717, 1.165) is 20.2 Å². The van der Waals surface area contributed by atoms with Gasteiger partial charge in [0.2, 0.25) is 0 Å². The number of hydrogen-bond donors (Lipinski definition) is 1. The van der Waals surface area contributed by atoms with Gasteiger partial charge in [-0.05, 0) is 24.3 Å². The highest BCUT2D eigenvalue weighted by Crippen LogP contribution is 2.41. The van der Waals surface area contributed by atoms with E-state index in [0.29, 0.717) is 6.07 Å². The fraction of sp³-hybridized carbons (Fsp3) is 0.292. The fourth-order valence-corrected chi connectivity index (χ4v) is 3.54. The number of hydrogen-bond acceptors (Lipinski definition) is 7. The number of ether oxygens (including phenoxy) is 4. The number of halogens is 6. The Kier molecular flexibility index (Phi) is 9.35. The molecule has 15 heteroatoms. The van der Waals surface area contributed by atoms with Crippen molar-refractivity contribution in [1.29, 1.82) is 0 Å². The van der Waals surface area contributed by atoms with Gasteiger partial charge in [-0.3, -0.25) is 18.7 Å². The van der Waals surface area contributed by atoms with Crippen LogP contribution >= 0.6 is 11.6 Å². The van der Waals surface area contributed by atoms with Crippen LogP contribution in [0.15, 0.2) is 46.0 Å². The van der Waals surface area contributed by atoms with E-state index in [-0.39, 0.29) is 29.1 Å². The number of methoxy groups -OCH3 is 1. The standard InChI is InChI=1S/C24H20ClF5N2O7/c1-32-19(24(28,29)30)18(20(33)31-23(32)35)12-10-17(13(25)11-14(12)27)38-15-6-3-4-7-16(15)39-22(36-2)21(34)37-9-5-8-26/h3-4,6-7,10-11,22H,5,8-9H2,1-2H3,(H,31,33,35). The van der Waals surface area contributed by atoms with E-state index >= 15 is 0 Å². The predicted octanol–water partition coefficient (Wildman–Crippen LogP) is 4.60. The number of carbonyl (C=O) groups excluding carboxylic acids is 1. The number of aromatic amines is 1. The van der Waals surface area contributed by atoms with Crippen LogP contribution in [0.1, 0.15) is 12.1 Å². The highest BCUT2D eigenvalue weighted by Gasteiger charge is 2.39. The highest BCUT2D eigenvalue weighted by atomic mass is 35.5. The summed E-state index contributed by atoms with van der Waals surface area (Å²) in [5.41, 5.74) is -6.58. The quantitative estimate of drug-likeness (QED) is 0.162. The molecule has 39 heavy (non-hydrogen) atoms. The minimum atomic E-state index is -5.21. The topological polar surface area (TPSA) is 109 Å². The smallest absolute Gasteiger partial charge is 0.432 e. The second-order valence-electron chi connectivity index (χ2n) is 7.75. The molecule has 0 saturated heterocycles. The molecular weight excluding hydrogens is 559 g/mol. The van der Waals surface area contributed by atoms with Crippen LogP contribution in [0, 0.1) is 5.82 Å². The maximum absolute atomic E-state index is 14.9. The minimum Gasteiger partial charge on any atom is -0.461 e. The summed E-state index contributed by atoms with van der Waals surface area (Å²) in [6, 6.07) is 7.00. The lowest BCUT2D eigenvalue weighted by Gasteiger charge is -2.19. The third-order valence-corrected chi connectivity index (χ3v) is 5.41. The zero-order chi connectivity index (χ0) is 28.9. The number of carbonyl (C=O) groups is 1. The molecule has 210 valence electrons. The zero-order valence-electron chi connectivity index (χ0n) is 20.2. The monoisotopic (exact) mass is 578 g/mol. The van der Waals surface area contributed by atoms with E-state index in [4.69, 9.17) is 30.5 Å². The molecule has 3 aromatic rings. The molecule has 3 rings (SSSR count). The van der Waals surface area contributed by atoms with Crippen LogP contribution in [0.25, 0.3) is 11.1 Å². The summed E-state index contributed by atoms with van der Waals surface area (Å²) in [6.07, 6.45) is -6.85. The molecule has 2 aromatic carbocycles. The number of para-hydroxylation sites is 2. The Labute approximate surface area is 221 Å². The number of alkyl halides is 4. The van der Waals surface area contributed by atoms with Crippen LogP contribution in [-0.2, 0) is 27.5 Å². The molecular formula is C24H20ClF5N2O7. The second-order valence-corrected chi connectivity index (χ2v) is 8.15. The molecule has 1 heterocycles. The fourth-order valence-electron chi connectivity index (χ4n) is 3.35. The van der Waals surface area contributed by atoms with Crippen molar-refractivity contribution in [3.8, 4) is 28.4 Å². The molecule has 0 aliphatic carbocycles. The number of benzene rings is 2. The summed E-state index contributed by atoms with van der Waals surface area (Å²) in [4.78, 5) is 38.1. The van der Waals surface area contributed by atoms with Gasteiger partial charge in [0.1, 0.15) is 17.3 Å². The highest BCUT2D eigenvalue weighted by molar-refractivity contribution is 6.32. The van der Waals surface area contributed by atoms with Gasteiger partial charge < -0.3 is 18.9 Å². The molecule has 0 aliphatic rings. The average Bonchev–Trinajstić information content (AvgIpc) is 2.86. The number of nitrogens with zero attached hydrogens (tertiary/aromatic N) is 1. The lowest BCUT2D eigenvalue weighted by atomic mass is 10.0. The maximum atomic E-state index is 14.9. The molecule has 0 fully saturated rings. The molecule has 0 spiro atoms. The Balaban J connectivity index is 2.05. The maximum Gasteiger partial charge on any atom is 0.432 e. The SMILES string of the molecule is COC(Oc1ccccc1Oc1cc(-c2c(C(F)(F)F)n(C)c(=O)[nH]c2=O)c(F)cc1Cl)C(=O)OCCCF. The molecule has 1 unspecified atom stereocenters. The summed E-state index contributed by atoms with van der Waals surface area (Å²) >= 11 is 6.07. The van der Waals surface area contributed by atoms with Crippen LogP contribution < -0.4 is 20.7 Å². The van der Waals surface area contributed by atoms with Crippen molar-refractivity contribution in [2.75, 3.05) is 20.4 Å². The summed E-state index contributed by atoms with van der Waals surface area (Å²) in [5.74, 6) is -2.94. The van der Waals surface area contributed by atoms with Crippen LogP contribution in [0.5, 0.6) is 17.2 Å². The van der Waals surface area contributed by atoms with Gasteiger partial charge in [-0.2, -0.15) is 13.2 Å². The first-order valence-corrected chi connectivity index (χ1v) is 11.4. The largest absolute Gasteiger partial charge is 0.461 e. The van der Waals surface area contributed by atoms with Crippen molar-refractivity contribution >= 4 is 17.6 Å². The molecule has 1 atom stereocenters. The third-order valence-electron chi connectivity index (χ3n) is 5.12. The lowest BCUT2D eigenvalue weighted by molar-refractivity contribution is -0.173. The number of aromatic nitrogens is 2. The van der Waals surface area contributed by atoms with Crippen molar-refractivity contribution in [3.05, 3.63) is 73.8 Å². The van der Waals surface area contributed by atoms with E-state index in [9.17, 15) is 36.3 Å². The van der Waals surface area contributed by atoms with E-state index in [1.807, 2.05) is 0 Å². The molecule has 0 bridgehead atoms. The Bertz CT molecular complexity index is 1470. The van der Waals surface area contributed by atoms with Crippen LogP contribution in [0.3, 0.4) is 0 Å². The lowest BCUT2D eigenvalue weighted by Crippen LogP contribution is -2.35. The Morgan fingerprint density at radius 1 is 1.13 bits per heavy atom.